The van der Waals surface area contributed by atoms with Gasteiger partial charge in [0.1, 0.15) is 5.82 Å². The number of unbranched alkanes of at least 4 members (excludes halogenated alkanes) is 1. The quantitative estimate of drug-likeness (QED) is 0.671. The number of halogens is 1. The topological polar surface area (TPSA) is 101 Å². The van der Waals surface area contributed by atoms with Gasteiger partial charge < -0.3 is 16.0 Å². The number of rotatable bonds is 7. The van der Waals surface area contributed by atoms with Crippen LogP contribution in [0.3, 0.4) is 0 Å². The fourth-order valence-electron chi connectivity index (χ4n) is 2.00. The first-order chi connectivity index (χ1) is 10.1. The van der Waals surface area contributed by atoms with Gasteiger partial charge in [-0.2, -0.15) is 0 Å². The number of fused-ring (bicyclic) bond motifs is 1. The molecule has 0 saturated heterocycles. The van der Waals surface area contributed by atoms with Crippen molar-refractivity contribution in [1.82, 2.24) is 15.3 Å². The highest BCUT2D eigenvalue weighted by atomic mass is 35.5. The van der Waals surface area contributed by atoms with Gasteiger partial charge in [-0.3, -0.25) is 9.59 Å². The molecule has 0 aliphatic heterocycles. The predicted molar refractivity (Wildman–Crippen MR) is 82.1 cm³/mol. The maximum atomic E-state index is 11.9. The van der Waals surface area contributed by atoms with Crippen molar-refractivity contribution >= 4 is 28.4 Å². The van der Waals surface area contributed by atoms with Crippen molar-refractivity contribution in [1.29, 1.82) is 0 Å². The Morgan fingerprint density at radius 2 is 2.19 bits per heavy atom. The van der Waals surface area contributed by atoms with E-state index in [0.717, 1.165) is 19.4 Å². The van der Waals surface area contributed by atoms with E-state index in [-0.39, 0.29) is 11.5 Å². The molecule has 6 nitrogen and oxygen atoms in total. The smallest absolute Gasteiger partial charge is 0.258 e. The fourth-order valence-corrected chi connectivity index (χ4v) is 2.17. The molecule has 7 heteroatoms. The number of nitrogens with zero attached hydrogens (tertiary/aromatic N) is 1. The summed E-state index contributed by atoms with van der Waals surface area (Å²) in [7, 11) is 0. The van der Waals surface area contributed by atoms with Crippen molar-refractivity contribution < 1.29 is 4.79 Å². The standard InChI is InChI=1S/C14H17ClN4O2/c15-9-4-5-10-11(7-9)18-13(19-14(10)21)8-17-6-2-1-3-12(16)20/h4-5,7,17H,1-3,6,8H2,(H2,16,20)(H,18,19,21). The van der Waals surface area contributed by atoms with Crippen LogP contribution in [0.4, 0.5) is 0 Å². The highest BCUT2D eigenvalue weighted by Gasteiger charge is 2.04. The normalized spacial score (nSPS) is 10.9. The summed E-state index contributed by atoms with van der Waals surface area (Å²) in [6.07, 6.45) is 1.98. The number of carbonyl (C=O) groups excluding carboxylic acids is 1. The number of carbonyl (C=O) groups is 1. The molecule has 0 saturated carbocycles. The summed E-state index contributed by atoms with van der Waals surface area (Å²) in [5.41, 5.74) is 5.46. The van der Waals surface area contributed by atoms with E-state index in [1.54, 1.807) is 18.2 Å². The number of H-pyrrole nitrogens is 1. The number of hydrogen-bond donors (Lipinski definition) is 3. The average molecular weight is 309 g/mol. The zero-order valence-electron chi connectivity index (χ0n) is 11.5. The van der Waals surface area contributed by atoms with E-state index >= 15 is 0 Å². The van der Waals surface area contributed by atoms with Gasteiger partial charge in [0.25, 0.3) is 5.56 Å². The van der Waals surface area contributed by atoms with Crippen molar-refractivity contribution in [2.75, 3.05) is 6.54 Å². The lowest BCUT2D eigenvalue weighted by Gasteiger charge is -2.05. The molecule has 0 aliphatic carbocycles. The molecule has 0 aliphatic rings. The minimum atomic E-state index is -0.285. The molecule has 2 rings (SSSR count). The van der Waals surface area contributed by atoms with Gasteiger partial charge in [0, 0.05) is 11.4 Å². The van der Waals surface area contributed by atoms with Gasteiger partial charge in [-0.15, -0.1) is 0 Å². The lowest BCUT2D eigenvalue weighted by Crippen LogP contribution is -2.20. The van der Waals surface area contributed by atoms with E-state index < -0.39 is 0 Å². The zero-order chi connectivity index (χ0) is 15.2. The summed E-state index contributed by atoms with van der Waals surface area (Å²) in [5, 5.41) is 4.23. The Bertz CT molecular complexity index is 699. The summed E-state index contributed by atoms with van der Waals surface area (Å²) in [6, 6.07) is 4.99. The third-order valence-corrected chi connectivity index (χ3v) is 3.27. The number of amides is 1. The first-order valence-electron chi connectivity index (χ1n) is 6.74. The summed E-state index contributed by atoms with van der Waals surface area (Å²) in [4.78, 5) is 29.6. The first kappa shape index (κ1) is 15.5. The Hall–Kier alpha value is -1.92. The largest absolute Gasteiger partial charge is 0.370 e. The number of nitrogens with one attached hydrogen (secondary N) is 2. The predicted octanol–water partition coefficient (Wildman–Crippen LogP) is 1.32. The zero-order valence-corrected chi connectivity index (χ0v) is 12.2. The number of aromatic nitrogens is 2. The van der Waals surface area contributed by atoms with E-state index in [1.165, 1.54) is 0 Å². The van der Waals surface area contributed by atoms with Crippen LogP contribution in [0.15, 0.2) is 23.0 Å². The molecule has 0 radical (unpaired) electrons. The van der Waals surface area contributed by atoms with E-state index in [4.69, 9.17) is 17.3 Å². The van der Waals surface area contributed by atoms with Crippen molar-refractivity contribution in [2.24, 2.45) is 5.73 Å². The molecule has 21 heavy (non-hydrogen) atoms. The van der Waals surface area contributed by atoms with Crippen molar-refractivity contribution in [3.63, 3.8) is 0 Å². The molecule has 112 valence electrons. The first-order valence-corrected chi connectivity index (χ1v) is 7.11. The molecule has 0 spiro atoms. The molecular formula is C14H17ClN4O2. The summed E-state index contributed by atoms with van der Waals surface area (Å²) >= 11 is 5.90. The molecule has 0 fully saturated rings. The van der Waals surface area contributed by atoms with Crippen molar-refractivity contribution in [2.45, 2.75) is 25.8 Å². The van der Waals surface area contributed by atoms with Crippen molar-refractivity contribution in [3.8, 4) is 0 Å². The van der Waals surface area contributed by atoms with Crippen LogP contribution in [0.25, 0.3) is 10.9 Å². The maximum Gasteiger partial charge on any atom is 0.258 e. The molecule has 1 amide bonds. The second-order valence-corrected chi connectivity index (χ2v) is 5.21. The molecule has 0 bridgehead atoms. The summed E-state index contributed by atoms with van der Waals surface area (Å²) < 4.78 is 0. The molecule has 1 aromatic carbocycles. The van der Waals surface area contributed by atoms with E-state index in [9.17, 15) is 9.59 Å². The Labute approximate surface area is 126 Å². The molecule has 4 N–H and O–H groups in total. The third kappa shape index (κ3) is 4.54. The molecule has 0 atom stereocenters. The van der Waals surface area contributed by atoms with Crippen LogP contribution in [0, 0.1) is 0 Å². The van der Waals surface area contributed by atoms with Gasteiger partial charge in [-0.25, -0.2) is 4.98 Å². The number of nitrogens with two attached hydrogens (primary N) is 1. The van der Waals surface area contributed by atoms with Crippen molar-refractivity contribution in [3.05, 3.63) is 39.4 Å². The Balaban J connectivity index is 1.93. The van der Waals surface area contributed by atoms with Gasteiger partial charge >= 0.3 is 0 Å². The SMILES string of the molecule is NC(=O)CCCCNCc1nc2cc(Cl)ccc2c(=O)[nH]1. The highest BCUT2D eigenvalue weighted by Crippen LogP contribution is 2.14. The second kappa shape index (κ2) is 7.19. The monoisotopic (exact) mass is 308 g/mol. The molecule has 2 aromatic rings. The van der Waals surface area contributed by atoms with Crippen LogP contribution in [0.1, 0.15) is 25.1 Å². The number of hydrogen-bond acceptors (Lipinski definition) is 4. The van der Waals surface area contributed by atoms with Crippen LogP contribution in [-0.2, 0) is 11.3 Å². The Morgan fingerprint density at radius 3 is 2.95 bits per heavy atom. The van der Waals surface area contributed by atoms with E-state index in [2.05, 4.69) is 15.3 Å². The number of benzene rings is 1. The lowest BCUT2D eigenvalue weighted by molar-refractivity contribution is -0.118. The second-order valence-electron chi connectivity index (χ2n) is 4.77. The Morgan fingerprint density at radius 1 is 1.38 bits per heavy atom. The van der Waals surface area contributed by atoms with E-state index in [1.807, 2.05) is 0 Å². The van der Waals surface area contributed by atoms with Crippen LogP contribution >= 0.6 is 11.6 Å². The molecule has 1 heterocycles. The van der Waals surface area contributed by atoms with Crippen LogP contribution in [-0.4, -0.2) is 22.4 Å². The van der Waals surface area contributed by atoms with Gasteiger partial charge in [-0.1, -0.05) is 11.6 Å². The Kier molecular flexibility index (Phi) is 5.30. The van der Waals surface area contributed by atoms with Gasteiger partial charge in [0.2, 0.25) is 5.91 Å². The average Bonchev–Trinajstić information content (AvgIpc) is 2.41. The molecule has 0 unspecified atom stereocenters. The number of primary amides is 1. The van der Waals surface area contributed by atoms with E-state index in [0.29, 0.717) is 34.7 Å². The highest BCUT2D eigenvalue weighted by molar-refractivity contribution is 6.31. The molecular weight excluding hydrogens is 292 g/mol. The van der Waals surface area contributed by atoms with Crippen LogP contribution in [0.2, 0.25) is 5.02 Å². The van der Waals surface area contributed by atoms with Crippen LogP contribution < -0.4 is 16.6 Å². The van der Waals surface area contributed by atoms with Gasteiger partial charge in [0.05, 0.1) is 17.4 Å². The minimum Gasteiger partial charge on any atom is -0.370 e. The van der Waals surface area contributed by atoms with Crippen LogP contribution in [0.5, 0.6) is 0 Å². The van der Waals surface area contributed by atoms with Gasteiger partial charge in [0.15, 0.2) is 0 Å². The number of aromatic amines is 1. The summed E-state index contributed by atoms with van der Waals surface area (Å²) in [5.74, 6) is 0.275. The minimum absolute atomic E-state index is 0.179. The van der Waals surface area contributed by atoms with Gasteiger partial charge in [-0.05, 0) is 37.6 Å². The molecule has 1 aromatic heterocycles. The third-order valence-electron chi connectivity index (χ3n) is 3.04. The maximum absolute atomic E-state index is 11.9. The fraction of sp³-hybridized carbons (Fsp3) is 0.357. The lowest BCUT2D eigenvalue weighted by atomic mass is 10.2. The summed E-state index contributed by atoms with van der Waals surface area (Å²) in [6.45, 7) is 1.18.